The quantitative estimate of drug-likeness (QED) is 0.709. The Hall–Kier alpha value is -0.120. The predicted octanol–water partition coefficient (Wildman–Crippen LogP) is 0.750. The van der Waals surface area contributed by atoms with E-state index in [1.807, 2.05) is 0 Å². The number of likely N-dealkylation sites (tertiary alicyclic amines) is 1. The molecule has 1 aliphatic heterocycles. The Morgan fingerprint density at radius 3 is 2.64 bits per heavy atom. The van der Waals surface area contributed by atoms with Gasteiger partial charge in [0.1, 0.15) is 0 Å². The Morgan fingerprint density at radius 2 is 2.21 bits per heavy atom. The number of rotatable bonds is 5. The van der Waals surface area contributed by atoms with E-state index >= 15 is 0 Å². The summed E-state index contributed by atoms with van der Waals surface area (Å²) < 4.78 is 0. The molecule has 0 aromatic carbocycles. The van der Waals surface area contributed by atoms with Crippen molar-refractivity contribution in [2.75, 3.05) is 33.2 Å². The van der Waals surface area contributed by atoms with Gasteiger partial charge in [0.2, 0.25) is 0 Å². The van der Waals surface area contributed by atoms with E-state index in [-0.39, 0.29) is 0 Å². The summed E-state index contributed by atoms with van der Waals surface area (Å²) in [5.74, 6) is 0. The lowest BCUT2D eigenvalue weighted by Crippen LogP contribution is -2.43. The van der Waals surface area contributed by atoms with Crippen LogP contribution >= 0.6 is 0 Å². The van der Waals surface area contributed by atoms with Crippen LogP contribution < -0.4 is 5.73 Å². The molecule has 3 nitrogen and oxygen atoms in total. The van der Waals surface area contributed by atoms with Crippen molar-refractivity contribution in [1.82, 2.24) is 9.80 Å². The van der Waals surface area contributed by atoms with Crippen LogP contribution in [0, 0.1) is 0 Å². The summed E-state index contributed by atoms with van der Waals surface area (Å²) in [5.41, 5.74) is 5.62. The molecule has 1 aliphatic rings. The molecule has 1 fully saturated rings. The molecule has 0 bridgehead atoms. The summed E-state index contributed by atoms with van der Waals surface area (Å²) >= 11 is 0. The highest BCUT2D eigenvalue weighted by atomic mass is 15.2. The molecular formula is C11H25N3. The van der Waals surface area contributed by atoms with E-state index in [1.165, 1.54) is 25.9 Å². The number of hydrogen-bond donors (Lipinski definition) is 1. The highest BCUT2D eigenvalue weighted by Crippen LogP contribution is 2.16. The third kappa shape index (κ3) is 3.23. The van der Waals surface area contributed by atoms with Crippen molar-refractivity contribution in [3.05, 3.63) is 0 Å². The lowest BCUT2D eigenvalue weighted by molar-refractivity contribution is 0.165. The molecule has 2 N–H and O–H groups in total. The Balaban J connectivity index is 2.37. The molecule has 84 valence electrons. The SMILES string of the molecule is CC(C)N(CCN)C[C@@H]1CCCN1C. The lowest BCUT2D eigenvalue weighted by Gasteiger charge is -2.31. The predicted molar refractivity (Wildman–Crippen MR) is 61.4 cm³/mol. The standard InChI is InChI=1S/C11H25N3/c1-10(2)14(8-6-12)9-11-5-4-7-13(11)3/h10-11H,4-9,12H2,1-3H3/t11-/m0/s1. The van der Waals surface area contributed by atoms with Gasteiger partial charge in [0.15, 0.2) is 0 Å². The van der Waals surface area contributed by atoms with Crippen molar-refractivity contribution < 1.29 is 0 Å². The summed E-state index contributed by atoms with van der Waals surface area (Å²) in [6.07, 6.45) is 2.71. The Morgan fingerprint density at radius 1 is 1.50 bits per heavy atom. The summed E-state index contributed by atoms with van der Waals surface area (Å²) in [4.78, 5) is 4.97. The molecule has 0 aromatic heterocycles. The summed E-state index contributed by atoms with van der Waals surface area (Å²) in [6, 6.07) is 1.37. The van der Waals surface area contributed by atoms with Crippen LogP contribution in [0.25, 0.3) is 0 Å². The molecule has 14 heavy (non-hydrogen) atoms. The topological polar surface area (TPSA) is 32.5 Å². The molecule has 0 radical (unpaired) electrons. The molecule has 0 aliphatic carbocycles. The molecule has 0 amide bonds. The first-order valence-corrected chi connectivity index (χ1v) is 5.79. The maximum absolute atomic E-state index is 5.62. The Labute approximate surface area is 88.2 Å². The van der Waals surface area contributed by atoms with E-state index in [2.05, 4.69) is 30.7 Å². The zero-order valence-electron chi connectivity index (χ0n) is 9.87. The average Bonchev–Trinajstić information content (AvgIpc) is 2.51. The number of hydrogen-bond acceptors (Lipinski definition) is 3. The fourth-order valence-electron chi connectivity index (χ4n) is 2.21. The van der Waals surface area contributed by atoms with E-state index < -0.39 is 0 Å². The minimum atomic E-state index is 0.618. The second kappa shape index (κ2) is 5.69. The molecule has 1 saturated heterocycles. The van der Waals surface area contributed by atoms with Crippen LogP contribution in [0.3, 0.4) is 0 Å². The van der Waals surface area contributed by atoms with Gasteiger partial charge in [0.05, 0.1) is 0 Å². The van der Waals surface area contributed by atoms with Gasteiger partial charge in [0, 0.05) is 31.7 Å². The van der Waals surface area contributed by atoms with Crippen LogP contribution in [0.1, 0.15) is 26.7 Å². The van der Waals surface area contributed by atoms with E-state index in [0.717, 1.165) is 19.1 Å². The van der Waals surface area contributed by atoms with E-state index in [0.29, 0.717) is 6.04 Å². The van der Waals surface area contributed by atoms with Crippen molar-refractivity contribution in [2.45, 2.75) is 38.8 Å². The fourth-order valence-corrected chi connectivity index (χ4v) is 2.21. The number of nitrogens with zero attached hydrogens (tertiary/aromatic N) is 2. The van der Waals surface area contributed by atoms with Crippen molar-refractivity contribution in [1.29, 1.82) is 0 Å². The van der Waals surface area contributed by atoms with Gasteiger partial charge < -0.3 is 10.6 Å². The van der Waals surface area contributed by atoms with Gasteiger partial charge in [-0.25, -0.2) is 0 Å². The summed E-state index contributed by atoms with van der Waals surface area (Å²) in [7, 11) is 2.23. The van der Waals surface area contributed by atoms with Gasteiger partial charge >= 0.3 is 0 Å². The smallest absolute Gasteiger partial charge is 0.0220 e. The van der Waals surface area contributed by atoms with E-state index in [4.69, 9.17) is 5.73 Å². The van der Waals surface area contributed by atoms with Gasteiger partial charge in [-0.3, -0.25) is 4.90 Å². The van der Waals surface area contributed by atoms with Crippen LogP contribution in [0.4, 0.5) is 0 Å². The van der Waals surface area contributed by atoms with Gasteiger partial charge in [-0.2, -0.15) is 0 Å². The van der Waals surface area contributed by atoms with E-state index in [9.17, 15) is 0 Å². The highest BCUT2D eigenvalue weighted by molar-refractivity contribution is 4.80. The van der Waals surface area contributed by atoms with Gasteiger partial charge in [-0.15, -0.1) is 0 Å². The van der Waals surface area contributed by atoms with E-state index in [1.54, 1.807) is 0 Å². The molecule has 1 rings (SSSR count). The maximum atomic E-state index is 5.62. The van der Waals surface area contributed by atoms with Crippen molar-refractivity contribution in [3.8, 4) is 0 Å². The third-order valence-electron chi connectivity index (χ3n) is 3.26. The molecule has 0 unspecified atom stereocenters. The molecule has 1 heterocycles. The van der Waals surface area contributed by atoms with Crippen LogP contribution in [0.5, 0.6) is 0 Å². The fraction of sp³-hybridized carbons (Fsp3) is 1.00. The van der Waals surface area contributed by atoms with Crippen LogP contribution in [0.2, 0.25) is 0 Å². The number of nitrogens with two attached hydrogens (primary N) is 1. The largest absolute Gasteiger partial charge is 0.329 e. The third-order valence-corrected chi connectivity index (χ3v) is 3.26. The van der Waals surface area contributed by atoms with Crippen molar-refractivity contribution in [2.24, 2.45) is 5.73 Å². The zero-order chi connectivity index (χ0) is 10.6. The Bertz CT molecular complexity index is 159. The van der Waals surface area contributed by atoms with Gasteiger partial charge in [-0.1, -0.05) is 0 Å². The number of likely N-dealkylation sites (N-methyl/N-ethyl adjacent to an activating group) is 1. The summed E-state index contributed by atoms with van der Waals surface area (Å²) in [6.45, 7) is 8.76. The van der Waals surface area contributed by atoms with Crippen LogP contribution in [-0.4, -0.2) is 55.1 Å². The van der Waals surface area contributed by atoms with Crippen molar-refractivity contribution in [3.63, 3.8) is 0 Å². The minimum Gasteiger partial charge on any atom is -0.329 e. The second-order valence-electron chi connectivity index (χ2n) is 4.65. The van der Waals surface area contributed by atoms with Crippen LogP contribution in [0.15, 0.2) is 0 Å². The Kier molecular flexibility index (Phi) is 4.85. The summed E-state index contributed by atoms with van der Waals surface area (Å²) in [5, 5.41) is 0. The lowest BCUT2D eigenvalue weighted by atomic mass is 10.2. The first-order valence-electron chi connectivity index (χ1n) is 5.79. The molecule has 0 saturated carbocycles. The maximum Gasteiger partial charge on any atom is 0.0220 e. The highest BCUT2D eigenvalue weighted by Gasteiger charge is 2.23. The van der Waals surface area contributed by atoms with Gasteiger partial charge in [-0.05, 0) is 40.3 Å². The monoisotopic (exact) mass is 199 g/mol. The normalized spacial score (nSPS) is 24.0. The second-order valence-corrected chi connectivity index (χ2v) is 4.65. The van der Waals surface area contributed by atoms with Gasteiger partial charge in [0.25, 0.3) is 0 Å². The molecule has 0 aromatic rings. The van der Waals surface area contributed by atoms with Crippen LogP contribution in [-0.2, 0) is 0 Å². The molecular weight excluding hydrogens is 174 g/mol. The minimum absolute atomic E-state index is 0.618. The van der Waals surface area contributed by atoms with Crippen molar-refractivity contribution >= 4 is 0 Å². The first kappa shape index (κ1) is 12.0. The molecule has 3 heteroatoms. The average molecular weight is 199 g/mol. The zero-order valence-corrected chi connectivity index (χ0v) is 9.87. The first-order chi connectivity index (χ1) is 6.65. The molecule has 0 spiro atoms. The molecule has 1 atom stereocenters.